The molecular weight excluding hydrogens is 518 g/mol. The molecule has 0 spiro atoms. The maximum Gasteiger partial charge on any atom is 0.272 e. The summed E-state index contributed by atoms with van der Waals surface area (Å²) in [4.78, 5) is 39.6. The van der Waals surface area contributed by atoms with E-state index in [9.17, 15) is 14.4 Å². The number of hydrogen-bond acceptors (Lipinski definition) is 4. The monoisotopic (exact) mass is 549 g/mol. The lowest BCUT2D eigenvalue weighted by atomic mass is 10.1. The molecule has 6 nitrogen and oxygen atoms in total. The Hall–Kier alpha value is -4.62. The van der Waals surface area contributed by atoms with Gasteiger partial charge in [-0.05, 0) is 80.9 Å². The first-order chi connectivity index (χ1) is 19.3. The van der Waals surface area contributed by atoms with Gasteiger partial charge in [0.25, 0.3) is 11.8 Å². The van der Waals surface area contributed by atoms with E-state index in [4.69, 9.17) is 0 Å². The van der Waals surface area contributed by atoms with Crippen molar-refractivity contribution in [2.45, 2.75) is 30.9 Å². The van der Waals surface area contributed by atoms with Crippen molar-refractivity contribution in [3.63, 3.8) is 0 Å². The molecule has 0 heterocycles. The highest BCUT2D eigenvalue weighted by Gasteiger charge is 2.17. The molecule has 3 N–H and O–H groups in total. The minimum Gasteiger partial charge on any atom is -0.325 e. The zero-order chi connectivity index (χ0) is 28.5. The van der Waals surface area contributed by atoms with Gasteiger partial charge in [-0.25, -0.2) is 0 Å². The minimum atomic E-state index is -0.448. The van der Waals surface area contributed by atoms with Gasteiger partial charge in [-0.1, -0.05) is 65.7 Å². The van der Waals surface area contributed by atoms with Crippen LogP contribution in [-0.2, 0) is 9.59 Å². The smallest absolute Gasteiger partial charge is 0.272 e. The summed E-state index contributed by atoms with van der Waals surface area (Å²) < 4.78 is 0. The molecule has 0 aliphatic rings. The number of aryl methyl sites for hydroxylation is 2. The van der Waals surface area contributed by atoms with Crippen LogP contribution in [0.4, 0.5) is 11.4 Å². The van der Waals surface area contributed by atoms with Crippen LogP contribution in [0.15, 0.2) is 114 Å². The van der Waals surface area contributed by atoms with E-state index in [-0.39, 0.29) is 22.8 Å². The van der Waals surface area contributed by atoms with Gasteiger partial charge in [0.15, 0.2) is 0 Å². The average molecular weight is 550 g/mol. The number of rotatable bonds is 9. The predicted octanol–water partition coefficient (Wildman–Crippen LogP) is 6.83. The first-order valence-corrected chi connectivity index (χ1v) is 13.8. The zero-order valence-corrected chi connectivity index (χ0v) is 23.4. The van der Waals surface area contributed by atoms with Crippen LogP contribution in [0, 0.1) is 13.8 Å². The molecule has 7 heteroatoms. The molecule has 0 fully saturated rings. The van der Waals surface area contributed by atoms with Crippen molar-refractivity contribution in [1.29, 1.82) is 0 Å². The molecule has 0 radical (unpaired) electrons. The molecule has 4 aromatic carbocycles. The Kier molecular flexibility index (Phi) is 9.54. The van der Waals surface area contributed by atoms with Crippen molar-refractivity contribution in [3.05, 3.63) is 131 Å². The molecule has 0 aliphatic heterocycles. The van der Waals surface area contributed by atoms with E-state index in [1.165, 1.54) is 11.8 Å². The van der Waals surface area contributed by atoms with Gasteiger partial charge >= 0.3 is 0 Å². The number of amides is 3. The van der Waals surface area contributed by atoms with E-state index in [1.54, 1.807) is 42.5 Å². The quantitative estimate of drug-likeness (QED) is 0.158. The molecule has 0 saturated heterocycles. The van der Waals surface area contributed by atoms with E-state index in [2.05, 4.69) is 16.0 Å². The second-order valence-corrected chi connectivity index (χ2v) is 10.8. The molecule has 4 aromatic rings. The molecular formula is C33H31N3O3S. The molecule has 3 amide bonds. The molecule has 0 bridgehead atoms. The first kappa shape index (κ1) is 28.4. The predicted molar refractivity (Wildman–Crippen MR) is 163 cm³/mol. The third-order valence-corrected chi connectivity index (χ3v) is 7.14. The van der Waals surface area contributed by atoms with E-state index < -0.39 is 5.91 Å². The third-order valence-electron chi connectivity index (χ3n) is 6.03. The maximum atomic E-state index is 13.2. The Labute approximate surface area is 238 Å². The number of anilines is 2. The van der Waals surface area contributed by atoms with E-state index in [0.29, 0.717) is 11.3 Å². The molecule has 0 aliphatic carbocycles. The lowest BCUT2D eigenvalue weighted by molar-refractivity contribution is -0.115. The Morgan fingerprint density at radius 2 is 1.25 bits per heavy atom. The first-order valence-electron chi connectivity index (χ1n) is 12.9. The Morgan fingerprint density at radius 1 is 0.700 bits per heavy atom. The van der Waals surface area contributed by atoms with Crippen LogP contribution >= 0.6 is 11.8 Å². The third kappa shape index (κ3) is 8.19. The standard InChI is InChI=1S/C33H31N3O3S/c1-22-9-13-25(14-10-22)21-30(36-32(38)26-7-5-4-6-8-26)33(39)35-28-17-19-29(20-18-28)40-24(3)31(37)34-27-15-11-23(2)12-16-27/h4-21,24H,1-3H3,(H,34,37)(H,35,39)(H,36,38)/b30-21-. The summed E-state index contributed by atoms with van der Waals surface area (Å²) in [6, 6.07) is 31.3. The van der Waals surface area contributed by atoms with Gasteiger partial charge in [0.1, 0.15) is 5.70 Å². The summed E-state index contributed by atoms with van der Waals surface area (Å²) in [5, 5.41) is 8.22. The van der Waals surface area contributed by atoms with Gasteiger partial charge < -0.3 is 16.0 Å². The number of carbonyl (C=O) groups excluding carboxylic acids is 3. The lowest BCUT2D eigenvalue weighted by Crippen LogP contribution is -2.30. The summed E-state index contributed by atoms with van der Waals surface area (Å²) >= 11 is 1.42. The summed E-state index contributed by atoms with van der Waals surface area (Å²) in [6.45, 7) is 5.83. The molecule has 1 unspecified atom stereocenters. The maximum absolute atomic E-state index is 13.2. The van der Waals surface area contributed by atoms with Crippen LogP contribution < -0.4 is 16.0 Å². The van der Waals surface area contributed by atoms with Crippen molar-refractivity contribution in [3.8, 4) is 0 Å². The van der Waals surface area contributed by atoms with Crippen LogP contribution in [-0.4, -0.2) is 23.0 Å². The molecule has 40 heavy (non-hydrogen) atoms. The topological polar surface area (TPSA) is 87.3 Å². The van der Waals surface area contributed by atoms with Crippen molar-refractivity contribution in [1.82, 2.24) is 5.32 Å². The highest BCUT2D eigenvalue weighted by atomic mass is 32.2. The van der Waals surface area contributed by atoms with Crippen molar-refractivity contribution < 1.29 is 14.4 Å². The molecule has 0 saturated carbocycles. The SMILES string of the molecule is Cc1ccc(/C=C(\NC(=O)c2ccccc2)C(=O)Nc2ccc(SC(C)C(=O)Nc3ccc(C)cc3)cc2)cc1. The zero-order valence-electron chi connectivity index (χ0n) is 22.6. The molecule has 4 rings (SSSR count). The molecule has 0 aromatic heterocycles. The van der Waals surface area contributed by atoms with Crippen molar-refractivity contribution in [2.24, 2.45) is 0 Å². The van der Waals surface area contributed by atoms with Crippen LogP contribution in [0.1, 0.15) is 34.0 Å². The highest BCUT2D eigenvalue weighted by Crippen LogP contribution is 2.26. The summed E-state index contributed by atoms with van der Waals surface area (Å²) in [7, 11) is 0. The van der Waals surface area contributed by atoms with E-state index in [0.717, 1.165) is 27.3 Å². The van der Waals surface area contributed by atoms with Gasteiger partial charge in [0.05, 0.1) is 5.25 Å². The second kappa shape index (κ2) is 13.4. The van der Waals surface area contributed by atoms with Crippen LogP contribution in [0.25, 0.3) is 6.08 Å². The summed E-state index contributed by atoms with van der Waals surface area (Å²) in [5.74, 6) is -0.916. The van der Waals surface area contributed by atoms with Gasteiger partial charge in [-0.3, -0.25) is 14.4 Å². The van der Waals surface area contributed by atoms with Gasteiger partial charge in [0.2, 0.25) is 5.91 Å². The van der Waals surface area contributed by atoms with Crippen LogP contribution in [0.5, 0.6) is 0 Å². The number of thioether (sulfide) groups is 1. The molecule has 1 atom stereocenters. The average Bonchev–Trinajstić information content (AvgIpc) is 2.96. The number of carbonyl (C=O) groups is 3. The van der Waals surface area contributed by atoms with E-state index >= 15 is 0 Å². The number of nitrogens with one attached hydrogen (secondary N) is 3. The second-order valence-electron chi connectivity index (χ2n) is 9.38. The van der Waals surface area contributed by atoms with Gasteiger partial charge in [-0.2, -0.15) is 0 Å². The number of benzene rings is 4. The Bertz CT molecular complexity index is 1500. The fraction of sp³-hybridized carbons (Fsp3) is 0.121. The number of hydrogen-bond donors (Lipinski definition) is 3. The van der Waals surface area contributed by atoms with Gasteiger partial charge in [0, 0.05) is 21.8 Å². The van der Waals surface area contributed by atoms with E-state index in [1.807, 2.05) is 87.5 Å². The largest absolute Gasteiger partial charge is 0.325 e. The summed E-state index contributed by atoms with van der Waals surface area (Å²) in [5.41, 5.74) is 4.91. The fourth-order valence-electron chi connectivity index (χ4n) is 3.73. The Morgan fingerprint density at radius 3 is 1.88 bits per heavy atom. The van der Waals surface area contributed by atoms with Gasteiger partial charge in [-0.15, -0.1) is 11.8 Å². The highest BCUT2D eigenvalue weighted by molar-refractivity contribution is 8.00. The van der Waals surface area contributed by atoms with Crippen molar-refractivity contribution >= 4 is 46.9 Å². The van der Waals surface area contributed by atoms with Crippen LogP contribution in [0.3, 0.4) is 0 Å². The minimum absolute atomic E-state index is 0.0914. The normalized spacial score (nSPS) is 11.8. The summed E-state index contributed by atoms with van der Waals surface area (Å²) in [6.07, 6.45) is 1.65. The molecule has 202 valence electrons. The van der Waals surface area contributed by atoms with Crippen molar-refractivity contribution in [2.75, 3.05) is 10.6 Å². The lowest BCUT2D eigenvalue weighted by Gasteiger charge is -2.14. The fourth-order valence-corrected chi connectivity index (χ4v) is 4.59. The van der Waals surface area contributed by atoms with Crippen LogP contribution in [0.2, 0.25) is 0 Å². The Balaban J connectivity index is 1.42.